The van der Waals surface area contributed by atoms with Crippen molar-refractivity contribution < 1.29 is 4.79 Å². The number of hydrogen-bond donors (Lipinski definition) is 1. The van der Waals surface area contributed by atoms with E-state index in [1.54, 1.807) is 0 Å². The molecule has 1 saturated heterocycles. The zero-order valence-corrected chi connectivity index (χ0v) is 11.2. The number of hydrogen-bond acceptors (Lipinski definition) is 3. The molecule has 1 N–H and O–H groups in total. The Morgan fingerprint density at radius 1 is 1.47 bits per heavy atom. The van der Waals surface area contributed by atoms with Gasteiger partial charge in [-0.1, -0.05) is 6.92 Å². The van der Waals surface area contributed by atoms with E-state index in [9.17, 15) is 4.79 Å². The number of thioether (sulfide) groups is 1. The lowest BCUT2D eigenvalue weighted by Crippen LogP contribution is -2.49. The number of nitrogens with one attached hydrogen (secondary N) is 1. The smallest absolute Gasteiger partial charge is 0.240 e. The first-order valence-electron chi connectivity index (χ1n) is 6.43. The van der Waals surface area contributed by atoms with Crippen LogP contribution in [0.15, 0.2) is 0 Å². The molecule has 94 valence electrons. The molecular weight excluding hydrogens is 232 g/mol. The van der Waals surface area contributed by atoms with Gasteiger partial charge in [-0.25, -0.2) is 0 Å². The van der Waals surface area contributed by atoms with Crippen LogP contribution in [0.3, 0.4) is 0 Å². The predicted molar refractivity (Wildman–Crippen MR) is 69.5 cm³/mol. The molecule has 2 aliphatic rings. The van der Waals surface area contributed by atoms with E-state index >= 15 is 0 Å². The third-order valence-electron chi connectivity index (χ3n) is 3.93. The Balaban J connectivity index is 1.79. The highest BCUT2D eigenvalue weighted by molar-refractivity contribution is 7.99. The average molecular weight is 252 g/mol. The fraction of sp³-hybridized carbons (Fsp3) is 0.846. The summed E-state index contributed by atoms with van der Waals surface area (Å²) in [4.78, 5) is 12.0. The summed E-state index contributed by atoms with van der Waals surface area (Å²) in [5, 5.41) is 12.1. The number of carbonyl (C=O) groups is 1. The zero-order chi connectivity index (χ0) is 12.3. The van der Waals surface area contributed by atoms with Crippen molar-refractivity contribution >= 4 is 17.7 Å². The van der Waals surface area contributed by atoms with Gasteiger partial charge in [-0.2, -0.15) is 17.0 Å². The van der Waals surface area contributed by atoms with Crippen LogP contribution in [0.2, 0.25) is 0 Å². The molecule has 2 rings (SSSR count). The van der Waals surface area contributed by atoms with Gasteiger partial charge in [0.05, 0.1) is 6.07 Å². The van der Waals surface area contributed by atoms with E-state index in [0.717, 1.165) is 19.4 Å². The maximum atomic E-state index is 12.0. The Morgan fingerprint density at radius 3 is 2.65 bits per heavy atom. The van der Waals surface area contributed by atoms with Crippen LogP contribution < -0.4 is 5.32 Å². The van der Waals surface area contributed by atoms with Crippen LogP contribution >= 0.6 is 11.8 Å². The van der Waals surface area contributed by atoms with Crippen molar-refractivity contribution in [3.05, 3.63) is 0 Å². The van der Waals surface area contributed by atoms with Gasteiger partial charge < -0.3 is 5.32 Å². The predicted octanol–water partition coefficient (Wildman–Crippen LogP) is 2.19. The summed E-state index contributed by atoms with van der Waals surface area (Å²) in [5.74, 6) is 3.53. The van der Waals surface area contributed by atoms with Crippen molar-refractivity contribution in [1.82, 2.24) is 5.32 Å². The van der Waals surface area contributed by atoms with Crippen LogP contribution in [0.25, 0.3) is 0 Å². The summed E-state index contributed by atoms with van der Waals surface area (Å²) in [6.45, 7) is 2.86. The Kier molecular flexibility index (Phi) is 3.98. The van der Waals surface area contributed by atoms with Gasteiger partial charge >= 0.3 is 0 Å². The number of nitrogens with zero attached hydrogens (tertiary/aromatic N) is 1. The van der Waals surface area contributed by atoms with Gasteiger partial charge in [0, 0.05) is 6.54 Å². The highest BCUT2D eigenvalue weighted by Gasteiger charge is 2.48. The van der Waals surface area contributed by atoms with E-state index in [1.807, 2.05) is 11.8 Å². The monoisotopic (exact) mass is 252 g/mol. The first kappa shape index (κ1) is 12.8. The maximum absolute atomic E-state index is 12.0. The molecule has 0 radical (unpaired) electrons. The highest BCUT2D eigenvalue weighted by atomic mass is 32.2. The quantitative estimate of drug-likeness (QED) is 0.837. The molecule has 3 nitrogen and oxygen atoms in total. The largest absolute Gasteiger partial charge is 0.354 e. The third kappa shape index (κ3) is 2.77. The fourth-order valence-corrected chi connectivity index (χ4v) is 4.02. The molecular formula is C13H20N2OS. The molecule has 0 bridgehead atoms. The molecule has 17 heavy (non-hydrogen) atoms. The molecule has 1 aliphatic heterocycles. The van der Waals surface area contributed by atoms with Gasteiger partial charge in [-0.3, -0.25) is 4.79 Å². The van der Waals surface area contributed by atoms with Crippen molar-refractivity contribution in [2.75, 3.05) is 18.1 Å². The first-order chi connectivity index (χ1) is 8.16. The van der Waals surface area contributed by atoms with Crippen molar-refractivity contribution in [2.45, 2.75) is 32.6 Å². The van der Waals surface area contributed by atoms with E-state index < -0.39 is 5.41 Å². The van der Waals surface area contributed by atoms with Crippen molar-refractivity contribution in [1.29, 1.82) is 5.26 Å². The fourth-order valence-electron chi connectivity index (χ4n) is 2.81. The maximum Gasteiger partial charge on any atom is 0.240 e. The molecule has 0 spiro atoms. The summed E-state index contributed by atoms with van der Waals surface area (Å²) in [5.41, 5.74) is -0.706. The minimum atomic E-state index is -0.706. The second-order valence-electron chi connectivity index (χ2n) is 5.47. The Hall–Kier alpha value is -0.690. The molecule has 0 aromatic carbocycles. The van der Waals surface area contributed by atoms with Gasteiger partial charge in [0.1, 0.15) is 5.41 Å². The van der Waals surface area contributed by atoms with E-state index in [4.69, 9.17) is 5.26 Å². The lowest BCUT2D eigenvalue weighted by Gasteiger charge is -2.39. The molecule has 0 atom stereocenters. The van der Waals surface area contributed by atoms with Crippen molar-refractivity contribution in [3.63, 3.8) is 0 Å². The molecule has 0 aromatic heterocycles. The topological polar surface area (TPSA) is 52.9 Å². The summed E-state index contributed by atoms with van der Waals surface area (Å²) < 4.78 is 0. The molecule has 1 saturated carbocycles. The SMILES string of the molecule is CC1CC(C#N)(C(=O)NCC2CCSCC2)C1. The Bertz CT molecular complexity index is 325. The average Bonchev–Trinajstić information content (AvgIpc) is 2.33. The molecule has 2 fully saturated rings. The number of carbonyl (C=O) groups excluding carboxylic acids is 1. The summed E-state index contributed by atoms with van der Waals surface area (Å²) in [6, 6.07) is 2.22. The second-order valence-corrected chi connectivity index (χ2v) is 6.70. The minimum Gasteiger partial charge on any atom is -0.354 e. The first-order valence-corrected chi connectivity index (χ1v) is 7.59. The van der Waals surface area contributed by atoms with Crippen LogP contribution in [0, 0.1) is 28.6 Å². The highest BCUT2D eigenvalue weighted by Crippen LogP contribution is 2.45. The summed E-state index contributed by atoms with van der Waals surface area (Å²) in [7, 11) is 0. The number of rotatable bonds is 3. The second kappa shape index (κ2) is 5.30. The molecule has 0 unspecified atom stereocenters. The van der Waals surface area contributed by atoms with Crippen LogP contribution in [0.5, 0.6) is 0 Å². The van der Waals surface area contributed by atoms with E-state index in [1.165, 1.54) is 24.3 Å². The lowest BCUT2D eigenvalue weighted by molar-refractivity contribution is -0.134. The van der Waals surface area contributed by atoms with Crippen LogP contribution in [0.4, 0.5) is 0 Å². The normalized spacial score (nSPS) is 33.5. The van der Waals surface area contributed by atoms with Gasteiger partial charge in [0.15, 0.2) is 0 Å². The number of amides is 1. The Labute approximate surface area is 107 Å². The molecule has 1 heterocycles. The van der Waals surface area contributed by atoms with Gasteiger partial charge in [0.2, 0.25) is 5.91 Å². The van der Waals surface area contributed by atoms with Crippen LogP contribution in [0.1, 0.15) is 32.6 Å². The van der Waals surface area contributed by atoms with Crippen molar-refractivity contribution in [2.24, 2.45) is 17.3 Å². The van der Waals surface area contributed by atoms with Gasteiger partial charge in [-0.05, 0) is 49.0 Å². The van der Waals surface area contributed by atoms with Gasteiger partial charge in [0.25, 0.3) is 0 Å². The summed E-state index contributed by atoms with van der Waals surface area (Å²) in [6.07, 6.45) is 3.85. The van der Waals surface area contributed by atoms with E-state index in [0.29, 0.717) is 11.8 Å². The van der Waals surface area contributed by atoms with E-state index in [2.05, 4.69) is 18.3 Å². The minimum absolute atomic E-state index is 0.0312. The molecule has 1 aliphatic carbocycles. The van der Waals surface area contributed by atoms with Gasteiger partial charge in [-0.15, -0.1) is 0 Å². The lowest BCUT2D eigenvalue weighted by atomic mass is 9.63. The van der Waals surface area contributed by atoms with Crippen molar-refractivity contribution in [3.8, 4) is 6.07 Å². The standard InChI is InChI=1S/C13H20N2OS/c1-10-6-13(7-10,9-14)12(16)15-8-11-2-4-17-5-3-11/h10-11H,2-8H2,1H3,(H,15,16). The van der Waals surface area contributed by atoms with Crippen LogP contribution in [-0.4, -0.2) is 24.0 Å². The van der Waals surface area contributed by atoms with E-state index in [-0.39, 0.29) is 5.91 Å². The van der Waals surface area contributed by atoms with Crippen LogP contribution in [-0.2, 0) is 4.79 Å². The molecule has 4 heteroatoms. The summed E-state index contributed by atoms with van der Waals surface area (Å²) >= 11 is 1.99. The molecule has 0 aromatic rings. The number of nitriles is 1. The Morgan fingerprint density at radius 2 is 2.12 bits per heavy atom. The zero-order valence-electron chi connectivity index (χ0n) is 10.4. The third-order valence-corrected chi connectivity index (χ3v) is 4.98. The molecule has 1 amide bonds.